The summed E-state index contributed by atoms with van der Waals surface area (Å²) < 4.78 is 4.34. The van der Waals surface area contributed by atoms with Gasteiger partial charge in [0.1, 0.15) is 0 Å². The largest absolute Gasteiger partial charge is 0.452 e. The lowest BCUT2D eigenvalue weighted by Gasteiger charge is -2.09. The quantitative estimate of drug-likeness (QED) is 0.753. The van der Waals surface area contributed by atoms with Crippen LogP contribution in [0.25, 0.3) is 0 Å². The molecule has 0 spiro atoms. The van der Waals surface area contributed by atoms with Gasteiger partial charge in [-0.25, -0.2) is 10.2 Å². The van der Waals surface area contributed by atoms with Crippen molar-refractivity contribution in [3.63, 3.8) is 0 Å². The highest BCUT2D eigenvalue weighted by atomic mass is 16.5. The third-order valence-electron chi connectivity index (χ3n) is 3.26. The fraction of sp³-hybridized carbons (Fsp3) is 0.118. The molecule has 3 N–H and O–H groups in total. The molecule has 2 aromatic rings. The van der Waals surface area contributed by atoms with E-state index in [2.05, 4.69) is 20.9 Å². The Hall–Kier alpha value is -3.35. The maximum Gasteiger partial charge on any atom is 0.425 e. The number of aryl methyl sites for hydroxylation is 1. The van der Waals surface area contributed by atoms with E-state index in [0.29, 0.717) is 16.8 Å². The number of hydrogen-bond acceptors (Lipinski definition) is 4. The number of hydrazine groups is 1. The minimum Gasteiger partial charge on any atom is -0.452 e. The van der Waals surface area contributed by atoms with E-state index in [1.807, 2.05) is 19.1 Å². The number of benzene rings is 2. The Morgan fingerprint density at radius 3 is 2.17 bits per heavy atom. The van der Waals surface area contributed by atoms with Crippen LogP contribution >= 0.6 is 0 Å². The SMILES string of the molecule is COC(=O)NNC(=O)c1ccc(NC(=O)c2ccccc2C)cc1. The molecule has 0 unspecified atom stereocenters. The molecule has 0 aliphatic rings. The lowest BCUT2D eigenvalue weighted by molar-refractivity contribution is 0.0920. The van der Waals surface area contributed by atoms with Gasteiger partial charge in [-0.15, -0.1) is 0 Å². The highest BCUT2D eigenvalue weighted by Gasteiger charge is 2.10. The number of anilines is 1. The summed E-state index contributed by atoms with van der Waals surface area (Å²) in [6.07, 6.45) is -0.773. The second-order valence-corrected chi connectivity index (χ2v) is 4.92. The summed E-state index contributed by atoms with van der Waals surface area (Å²) in [5, 5.41) is 2.76. The lowest BCUT2D eigenvalue weighted by atomic mass is 10.1. The molecule has 7 heteroatoms. The normalized spacial score (nSPS) is 9.75. The number of ether oxygens (including phenoxy) is 1. The smallest absolute Gasteiger partial charge is 0.425 e. The van der Waals surface area contributed by atoms with Gasteiger partial charge < -0.3 is 10.1 Å². The molecule has 2 rings (SSSR count). The molecule has 0 atom stereocenters. The third kappa shape index (κ3) is 4.33. The van der Waals surface area contributed by atoms with Gasteiger partial charge in [-0.1, -0.05) is 18.2 Å². The summed E-state index contributed by atoms with van der Waals surface area (Å²) in [5.41, 5.74) is 6.60. The van der Waals surface area contributed by atoms with Gasteiger partial charge in [-0.3, -0.25) is 15.0 Å². The first-order valence-corrected chi connectivity index (χ1v) is 7.12. The number of amides is 3. The molecular weight excluding hydrogens is 310 g/mol. The number of rotatable bonds is 3. The average molecular weight is 327 g/mol. The van der Waals surface area contributed by atoms with Crippen molar-refractivity contribution >= 4 is 23.6 Å². The van der Waals surface area contributed by atoms with Crippen molar-refractivity contribution in [3.05, 3.63) is 65.2 Å². The van der Waals surface area contributed by atoms with E-state index >= 15 is 0 Å². The van der Waals surface area contributed by atoms with Crippen LogP contribution in [0.3, 0.4) is 0 Å². The van der Waals surface area contributed by atoms with Crippen molar-refractivity contribution in [2.75, 3.05) is 12.4 Å². The second kappa shape index (κ2) is 7.77. The van der Waals surface area contributed by atoms with Gasteiger partial charge in [0.05, 0.1) is 7.11 Å². The molecule has 0 aliphatic heterocycles. The molecule has 0 fully saturated rings. The Morgan fingerprint density at radius 2 is 1.54 bits per heavy atom. The zero-order valence-corrected chi connectivity index (χ0v) is 13.3. The molecular formula is C17H17N3O4. The Bertz CT molecular complexity index is 757. The van der Waals surface area contributed by atoms with Gasteiger partial charge in [0.15, 0.2) is 0 Å². The standard InChI is InChI=1S/C17H17N3O4/c1-11-5-3-4-6-14(11)16(22)18-13-9-7-12(8-10-13)15(21)19-20-17(23)24-2/h3-10H,1-2H3,(H,18,22)(H,19,21)(H,20,23). The minimum absolute atomic E-state index is 0.224. The van der Waals surface area contributed by atoms with Crippen LogP contribution in [-0.4, -0.2) is 25.0 Å². The lowest BCUT2D eigenvalue weighted by Crippen LogP contribution is -2.41. The Labute approximate surface area is 139 Å². The summed E-state index contributed by atoms with van der Waals surface area (Å²) in [7, 11) is 1.19. The fourth-order valence-electron chi connectivity index (χ4n) is 1.96. The monoisotopic (exact) mass is 327 g/mol. The molecule has 0 bridgehead atoms. The zero-order chi connectivity index (χ0) is 17.5. The van der Waals surface area contributed by atoms with Crippen LogP contribution in [0.1, 0.15) is 26.3 Å². The van der Waals surface area contributed by atoms with Gasteiger partial charge >= 0.3 is 6.09 Å². The topological polar surface area (TPSA) is 96.5 Å². The maximum absolute atomic E-state index is 12.2. The molecule has 0 radical (unpaired) electrons. The Morgan fingerprint density at radius 1 is 0.875 bits per heavy atom. The second-order valence-electron chi connectivity index (χ2n) is 4.92. The molecule has 0 heterocycles. The van der Waals surface area contributed by atoms with E-state index in [4.69, 9.17) is 0 Å². The molecule has 0 aliphatic carbocycles. The number of nitrogens with one attached hydrogen (secondary N) is 3. The molecule has 0 aromatic heterocycles. The van der Waals surface area contributed by atoms with E-state index in [0.717, 1.165) is 5.56 Å². The number of carbonyl (C=O) groups excluding carboxylic acids is 3. The van der Waals surface area contributed by atoms with E-state index in [1.54, 1.807) is 24.3 Å². The number of methoxy groups -OCH3 is 1. The maximum atomic E-state index is 12.2. The van der Waals surface area contributed by atoms with Gasteiger partial charge in [-0.05, 0) is 42.8 Å². The van der Waals surface area contributed by atoms with Crippen LogP contribution < -0.4 is 16.2 Å². The van der Waals surface area contributed by atoms with Gasteiger partial charge in [0.25, 0.3) is 11.8 Å². The molecule has 3 amide bonds. The van der Waals surface area contributed by atoms with Crippen molar-refractivity contribution in [2.24, 2.45) is 0 Å². The molecule has 2 aromatic carbocycles. The van der Waals surface area contributed by atoms with Crippen LogP contribution in [0.5, 0.6) is 0 Å². The predicted molar refractivity (Wildman–Crippen MR) is 88.6 cm³/mol. The average Bonchev–Trinajstić information content (AvgIpc) is 2.60. The highest BCUT2D eigenvalue weighted by molar-refractivity contribution is 6.05. The Balaban J connectivity index is 1.99. The molecule has 0 saturated heterocycles. The zero-order valence-electron chi connectivity index (χ0n) is 13.3. The third-order valence-corrected chi connectivity index (χ3v) is 3.26. The van der Waals surface area contributed by atoms with Crippen LogP contribution in [0.15, 0.2) is 48.5 Å². The van der Waals surface area contributed by atoms with Crippen molar-refractivity contribution in [1.82, 2.24) is 10.9 Å². The van der Waals surface area contributed by atoms with Crippen molar-refractivity contribution in [2.45, 2.75) is 6.92 Å². The van der Waals surface area contributed by atoms with E-state index < -0.39 is 12.0 Å². The predicted octanol–water partition coefficient (Wildman–Crippen LogP) is 2.25. The number of hydrogen-bond donors (Lipinski definition) is 3. The van der Waals surface area contributed by atoms with Crippen LogP contribution in [0.2, 0.25) is 0 Å². The summed E-state index contributed by atoms with van der Waals surface area (Å²) in [4.78, 5) is 34.9. The van der Waals surface area contributed by atoms with Crippen molar-refractivity contribution in [3.8, 4) is 0 Å². The van der Waals surface area contributed by atoms with Crippen molar-refractivity contribution < 1.29 is 19.1 Å². The summed E-state index contributed by atoms with van der Waals surface area (Å²) in [6.45, 7) is 1.86. The molecule has 7 nitrogen and oxygen atoms in total. The van der Waals surface area contributed by atoms with E-state index in [9.17, 15) is 14.4 Å². The Kier molecular flexibility index (Phi) is 5.51. The number of carbonyl (C=O) groups is 3. The highest BCUT2D eigenvalue weighted by Crippen LogP contribution is 2.13. The molecule has 124 valence electrons. The van der Waals surface area contributed by atoms with Crippen LogP contribution in [0, 0.1) is 6.92 Å². The van der Waals surface area contributed by atoms with Gasteiger partial charge in [-0.2, -0.15) is 0 Å². The summed E-state index contributed by atoms with van der Waals surface area (Å²) in [5.74, 6) is -0.727. The van der Waals surface area contributed by atoms with E-state index in [1.165, 1.54) is 19.2 Å². The van der Waals surface area contributed by atoms with Crippen molar-refractivity contribution in [1.29, 1.82) is 0 Å². The van der Waals surface area contributed by atoms with Crippen LogP contribution in [0.4, 0.5) is 10.5 Å². The first-order chi connectivity index (χ1) is 11.5. The van der Waals surface area contributed by atoms with E-state index in [-0.39, 0.29) is 5.91 Å². The minimum atomic E-state index is -0.773. The van der Waals surface area contributed by atoms with Crippen LogP contribution in [-0.2, 0) is 4.74 Å². The summed E-state index contributed by atoms with van der Waals surface area (Å²) >= 11 is 0. The first-order valence-electron chi connectivity index (χ1n) is 7.12. The van der Waals surface area contributed by atoms with Gasteiger partial charge in [0.2, 0.25) is 0 Å². The van der Waals surface area contributed by atoms with Gasteiger partial charge in [0, 0.05) is 16.8 Å². The first kappa shape index (κ1) is 17.0. The summed E-state index contributed by atoms with van der Waals surface area (Å²) in [6, 6.07) is 13.5. The molecule has 0 saturated carbocycles. The molecule has 24 heavy (non-hydrogen) atoms. The fourth-order valence-corrected chi connectivity index (χ4v) is 1.96.